The molecule has 5 rings (SSSR count). The smallest absolute Gasteiger partial charge is 0.329 e. The van der Waals surface area contributed by atoms with E-state index in [-0.39, 0.29) is 24.0 Å². The van der Waals surface area contributed by atoms with Crippen LogP contribution >= 0.6 is 11.3 Å². The summed E-state index contributed by atoms with van der Waals surface area (Å²) >= 11 is 1.40. The summed E-state index contributed by atoms with van der Waals surface area (Å²) in [7, 11) is 0. The first-order valence-corrected chi connectivity index (χ1v) is 19.8. The number of ether oxygens (including phenoxy) is 1. The van der Waals surface area contributed by atoms with Gasteiger partial charge in [0, 0.05) is 40.7 Å². The lowest BCUT2D eigenvalue weighted by Crippen LogP contribution is -2.47. The number of carboxylic acid groups (broad SMARTS) is 1. The Hall–Kier alpha value is -5.19. The average Bonchev–Trinajstić information content (AvgIpc) is 3.71. The quantitative estimate of drug-likeness (QED) is 0.0559. The Kier molecular flexibility index (Phi) is 14.5. The molecule has 3 N–H and O–H groups in total. The van der Waals surface area contributed by atoms with E-state index < -0.39 is 29.9 Å². The molecule has 10 heteroatoms. The van der Waals surface area contributed by atoms with E-state index in [1.54, 1.807) is 48.8 Å². The lowest BCUT2D eigenvalue weighted by atomic mass is 9.91. The largest absolute Gasteiger partial charge is 0.494 e. The summed E-state index contributed by atoms with van der Waals surface area (Å²) < 4.78 is 5.90. The van der Waals surface area contributed by atoms with Crippen LogP contribution in [-0.4, -0.2) is 50.5 Å². The molecule has 55 heavy (non-hydrogen) atoms. The summed E-state index contributed by atoms with van der Waals surface area (Å²) in [6.07, 6.45) is 8.08. The molecule has 1 amide bonds. The number of thiophene rings is 1. The predicted molar refractivity (Wildman–Crippen MR) is 217 cm³/mol. The number of carboxylic acids is 1. The molecule has 0 saturated heterocycles. The third kappa shape index (κ3) is 11.7. The highest BCUT2D eigenvalue weighted by molar-refractivity contribution is 7.14. The van der Waals surface area contributed by atoms with Crippen molar-refractivity contribution in [2.24, 2.45) is 5.92 Å². The molecule has 288 valence electrons. The zero-order chi connectivity index (χ0) is 39.4. The van der Waals surface area contributed by atoms with Crippen molar-refractivity contribution in [2.75, 3.05) is 6.61 Å². The number of aliphatic carboxylic acids is 1. The number of aliphatic hydroxyl groups is 1. The third-order valence-electron chi connectivity index (χ3n) is 9.49. The van der Waals surface area contributed by atoms with Crippen molar-refractivity contribution in [3.8, 4) is 28.3 Å². The molecule has 0 aliphatic rings. The number of aromatic nitrogens is 2. The van der Waals surface area contributed by atoms with E-state index in [9.17, 15) is 24.6 Å². The molecule has 0 spiro atoms. The summed E-state index contributed by atoms with van der Waals surface area (Å²) in [5.41, 5.74) is 3.63. The van der Waals surface area contributed by atoms with Gasteiger partial charge in [-0.25, -0.2) is 14.8 Å². The first-order valence-electron chi connectivity index (χ1n) is 19.0. The zero-order valence-electron chi connectivity index (χ0n) is 32.0. The Morgan fingerprint density at radius 1 is 0.800 bits per heavy atom. The molecule has 0 bridgehead atoms. The number of unbranched alkanes of at least 4 members (excludes halogenated alkanes) is 4. The second-order valence-electron chi connectivity index (χ2n) is 14.9. The molecule has 0 saturated carbocycles. The fourth-order valence-electron chi connectivity index (χ4n) is 6.20. The molecule has 5 aromatic rings. The van der Waals surface area contributed by atoms with E-state index in [0.29, 0.717) is 22.9 Å². The zero-order valence-corrected chi connectivity index (χ0v) is 32.9. The predicted octanol–water partition coefficient (Wildman–Crippen LogP) is 9.25. The van der Waals surface area contributed by atoms with Gasteiger partial charge in [0.25, 0.3) is 0 Å². The topological polar surface area (TPSA) is 139 Å². The van der Waals surface area contributed by atoms with E-state index in [1.807, 2.05) is 54.6 Å². The monoisotopic (exact) mass is 761 g/mol. The fraction of sp³-hybridized carbons (Fsp3) is 0.356. The van der Waals surface area contributed by atoms with Crippen LogP contribution in [0.5, 0.6) is 5.75 Å². The minimum absolute atomic E-state index is 0.137. The molecule has 3 atom stereocenters. The van der Waals surface area contributed by atoms with Gasteiger partial charge in [0.05, 0.1) is 11.5 Å². The van der Waals surface area contributed by atoms with Crippen LogP contribution in [0, 0.1) is 5.92 Å². The maximum atomic E-state index is 13.8. The Balaban J connectivity index is 1.27. The second-order valence-corrected chi connectivity index (χ2v) is 16.0. The Labute approximate surface area is 327 Å². The highest BCUT2D eigenvalue weighted by Gasteiger charge is 2.33. The van der Waals surface area contributed by atoms with Gasteiger partial charge in [0.15, 0.2) is 17.6 Å². The molecule has 0 unspecified atom stereocenters. The molecule has 2 heterocycles. The number of nitrogens with one attached hydrogen (secondary N) is 1. The number of carbonyl (C=O) groups is 3. The number of aliphatic hydroxyl groups excluding tert-OH is 1. The van der Waals surface area contributed by atoms with Crippen LogP contribution in [0.4, 0.5) is 0 Å². The molecular formula is C45H51N3O6S. The number of Topliss-reactive ketones (excluding diaryl/α,β-unsaturated/α-hetero) is 1. The fourth-order valence-corrected chi connectivity index (χ4v) is 7.21. The number of ketones is 1. The number of carbonyl (C=O) groups excluding carboxylic acids is 2. The normalized spacial score (nSPS) is 13.1. The number of rotatable bonds is 19. The van der Waals surface area contributed by atoms with Gasteiger partial charge in [-0.1, -0.05) is 120 Å². The van der Waals surface area contributed by atoms with Crippen molar-refractivity contribution in [3.05, 3.63) is 124 Å². The van der Waals surface area contributed by atoms with Gasteiger partial charge in [0.2, 0.25) is 5.91 Å². The van der Waals surface area contributed by atoms with Gasteiger partial charge in [-0.2, -0.15) is 0 Å². The van der Waals surface area contributed by atoms with Crippen LogP contribution in [0.2, 0.25) is 0 Å². The van der Waals surface area contributed by atoms with E-state index in [0.717, 1.165) is 39.3 Å². The molecular weight excluding hydrogens is 711 g/mol. The Morgan fingerprint density at radius 3 is 2.07 bits per heavy atom. The van der Waals surface area contributed by atoms with Gasteiger partial charge in [0.1, 0.15) is 11.9 Å². The first kappa shape index (κ1) is 41.0. The molecule has 0 aliphatic carbocycles. The lowest BCUT2D eigenvalue weighted by Gasteiger charge is -2.24. The molecule has 3 aromatic carbocycles. The van der Waals surface area contributed by atoms with Gasteiger partial charge in [-0.15, -0.1) is 11.3 Å². The van der Waals surface area contributed by atoms with Gasteiger partial charge < -0.3 is 20.3 Å². The highest BCUT2D eigenvalue weighted by atomic mass is 32.1. The van der Waals surface area contributed by atoms with Crippen molar-refractivity contribution in [1.82, 2.24) is 15.3 Å². The molecule has 9 nitrogen and oxygen atoms in total. The summed E-state index contributed by atoms with van der Waals surface area (Å²) in [6.45, 7) is 9.14. The van der Waals surface area contributed by atoms with Gasteiger partial charge in [-0.05, 0) is 59.2 Å². The minimum atomic E-state index is -1.61. The van der Waals surface area contributed by atoms with E-state index in [2.05, 4.69) is 43.0 Å². The Bertz CT molecular complexity index is 1990. The van der Waals surface area contributed by atoms with Crippen molar-refractivity contribution >= 4 is 29.0 Å². The maximum absolute atomic E-state index is 13.8. The second kappa shape index (κ2) is 19.4. The van der Waals surface area contributed by atoms with Crippen LogP contribution in [-0.2, 0) is 21.4 Å². The number of hydrogen-bond donors (Lipinski definition) is 3. The van der Waals surface area contributed by atoms with Crippen molar-refractivity contribution in [3.63, 3.8) is 0 Å². The summed E-state index contributed by atoms with van der Waals surface area (Å²) in [4.78, 5) is 50.5. The molecule has 0 fully saturated rings. The van der Waals surface area contributed by atoms with Crippen molar-refractivity contribution in [1.29, 1.82) is 0 Å². The van der Waals surface area contributed by atoms with E-state index in [1.165, 1.54) is 37.0 Å². The van der Waals surface area contributed by atoms with Crippen molar-refractivity contribution in [2.45, 2.75) is 90.2 Å². The lowest BCUT2D eigenvalue weighted by molar-refractivity contribution is -0.146. The van der Waals surface area contributed by atoms with Crippen LogP contribution in [0.3, 0.4) is 0 Å². The van der Waals surface area contributed by atoms with E-state index >= 15 is 0 Å². The summed E-state index contributed by atoms with van der Waals surface area (Å²) in [6, 6.07) is 25.8. The number of hydrogen-bond acceptors (Lipinski definition) is 8. The Morgan fingerprint density at radius 2 is 1.45 bits per heavy atom. The van der Waals surface area contributed by atoms with Crippen LogP contribution in [0.15, 0.2) is 103 Å². The number of nitrogens with zero attached hydrogens (tertiary/aromatic N) is 2. The number of benzene rings is 3. The first-order chi connectivity index (χ1) is 26.4. The minimum Gasteiger partial charge on any atom is -0.494 e. The molecule has 2 aromatic heterocycles. The molecule has 0 aliphatic heterocycles. The van der Waals surface area contributed by atoms with E-state index in [4.69, 9.17) is 4.74 Å². The van der Waals surface area contributed by atoms with Crippen molar-refractivity contribution < 1.29 is 29.3 Å². The summed E-state index contributed by atoms with van der Waals surface area (Å²) in [5.74, 6) is -1.74. The average molecular weight is 762 g/mol. The standard InChI is InChI=1S/C45H51N3O6S/c1-5-6-7-8-12-25-54-36-21-19-31(20-22-36)35-28-46-42(47-29-35)33-17-15-30(16-18-33)26-34(27-37(49)38-23-24-39(55-38)45(2,3)4)43(51)48-40(44(52)53)41(50)32-13-10-9-11-14-32/h9-11,13-24,28-29,34,40-41,50H,5-8,12,25-27H2,1-4H3,(H,48,51)(H,52,53)/t34-,40+,41-/m1/s1. The van der Waals surface area contributed by atoms with Gasteiger partial charge >= 0.3 is 5.97 Å². The van der Waals surface area contributed by atoms with Crippen LogP contribution < -0.4 is 10.1 Å². The van der Waals surface area contributed by atoms with Gasteiger partial charge in [-0.3, -0.25) is 9.59 Å². The SMILES string of the molecule is CCCCCCCOc1ccc(-c2cnc(-c3ccc(C[C@H](CC(=O)c4ccc(C(C)(C)C)s4)C(=O)N[C@H](C(=O)O)[C@H](O)c4ccccc4)cc3)nc2)cc1. The third-order valence-corrected chi connectivity index (χ3v) is 11.0. The highest BCUT2D eigenvalue weighted by Crippen LogP contribution is 2.31. The van der Waals surface area contributed by atoms with Crippen LogP contribution in [0.25, 0.3) is 22.5 Å². The molecule has 0 radical (unpaired) electrons. The number of amides is 1. The van der Waals surface area contributed by atoms with Crippen LogP contribution in [0.1, 0.15) is 98.0 Å². The maximum Gasteiger partial charge on any atom is 0.329 e. The summed E-state index contributed by atoms with van der Waals surface area (Å²) in [5, 5.41) is 23.4.